The van der Waals surface area contributed by atoms with E-state index < -0.39 is 0 Å². The van der Waals surface area contributed by atoms with Crippen molar-refractivity contribution in [2.45, 2.75) is 26.7 Å². The summed E-state index contributed by atoms with van der Waals surface area (Å²) in [5.74, 6) is 0. The van der Waals surface area contributed by atoms with Crippen LogP contribution in [0.4, 0.5) is 0 Å². The Hall–Kier alpha value is 0.920. The first-order valence-corrected chi connectivity index (χ1v) is 3.05. The first-order chi connectivity index (χ1) is 3.83. The predicted octanol–water partition coefficient (Wildman–Crippen LogP) is -2.11. The molecule has 3 heteroatoms. The quantitative estimate of drug-likeness (QED) is 0.436. The van der Waals surface area contributed by atoms with Gasteiger partial charge in [-0.25, -0.2) is 0 Å². The summed E-state index contributed by atoms with van der Waals surface area (Å²) >= 11 is 0. The van der Waals surface area contributed by atoms with E-state index in [1.807, 2.05) is 0 Å². The molecule has 0 unspecified atom stereocenters. The van der Waals surface area contributed by atoms with Gasteiger partial charge in [0.1, 0.15) is 0 Å². The maximum atomic E-state index is 8.07. The average molecular weight is 144 g/mol. The number of rotatable bonds is 2. The summed E-state index contributed by atoms with van der Waals surface area (Å²) < 4.78 is 0. The van der Waals surface area contributed by atoms with E-state index >= 15 is 0 Å². The van der Waals surface area contributed by atoms with Crippen LogP contribution in [0.1, 0.15) is 28.1 Å². The molecule has 9 heavy (non-hydrogen) atoms. The third-order valence-corrected chi connectivity index (χ3v) is 0.512. The number of aliphatic hydroxyl groups is 2. The van der Waals surface area contributed by atoms with E-state index in [1.165, 1.54) is 0 Å². The Kier molecular flexibility index (Phi) is 42.3. The molecule has 0 radical (unpaired) electrons. The van der Waals surface area contributed by atoms with E-state index in [9.17, 15) is 0 Å². The zero-order valence-corrected chi connectivity index (χ0v) is 8.72. The monoisotopic (exact) mass is 144 g/mol. The second-order valence-corrected chi connectivity index (χ2v) is 1.39. The van der Waals surface area contributed by atoms with Gasteiger partial charge in [0, 0.05) is 13.2 Å². The predicted molar refractivity (Wildman–Crippen MR) is 35.9 cm³/mol. The smallest absolute Gasteiger partial charge is 1.00 e. The van der Waals surface area contributed by atoms with Gasteiger partial charge in [0.2, 0.25) is 0 Å². The molecule has 0 saturated carbocycles. The van der Waals surface area contributed by atoms with Gasteiger partial charge in [-0.05, 0) is 13.3 Å². The summed E-state index contributed by atoms with van der Waals surface area (Å²) in [5, 5.41) is 15.6. The summed E-state index contributed by atoms with van der Waals surface area (Å²) in [6.07, 6.45) is 2.04. The van der Waals surface area contributed by atoms with Crippen LogP contribution in [0.15, 0.2) is 0 Å². The van der Waals surface area contributed by atoms with Crippen LogP contribution in [0.3, 0.4) is 0 Å². The Bertz CT molecular complexity index is 29.7. The van der Waals surface area contributed by atoms with Crippen molar-refractivity contribution in [2.24, 2.45) is 0 Å². The van der Waals surface area contributed by atoms with Gasteiger partial charge in [0.15, 0.2) is 0 Å². The fourth-order valence-corrected chi connectivity index (χ4v) is 0.158. The molecule has 2 N–H and O–H groups in total. The van der Waals surface area contributed by atoms with Crippen LogP contribution in [0.25, 0.3) is 0 Å². The van der Waals surface area contributed by atoms with Gasteiger partial charge in [0.25, 0.3) is 0 Å². The van der Waals surface area contributed by atoms with Crippen LogP contribution in [0.2, 0.25) is 0 Å². The molecule has 0 bridgehead atoms. The molecule has 0 rings (SSSR count). The standard InChI is InChI=1S/C4H10O.C2H6O.Na.H/c1-2-3-4-5;1-2-3;;/h5H,2-4H2,1H3;3H,2H2,1H3;;/q;;+1;-1. The molecule has 0 heterocycles. The van der Waals surface area contributed by atoms with Gasteiger partial charge in [-0.2, -0.15) is 0 Å². The molecule has 0 aromatic rings. The second-order valence-electron chi connectivity index (χ2n) is 1.39. The van der Waals surface area contributed by atoms with Crippen molar-refractivity contribution >= 4 is 0 Å². The fraction of sp³-hybridized carbons (Fsp3) is 1.00. The Morgan fingerprint density at radius 1 is 1.22 bits per heavy atom. The Labute approximate surface area is 81.1 Å². The fourth-order valence-electron chi connectivity index (χ4n) is 0.158. The first-order valence-electron chi connectivity index (χ1n) is 3.05. The molecular formula is C6H17NaO2. The van der Waals surface area contributed by atoms with Crippen molar-refractivity contribution in [3.63, 3.8) is 0 Å². The van der Waals surface area contributed by atoms with E-state index in [2.05, 4.69) is 6.92 Å². The largest absolute Gasteiger partial charge is 1.00 e. The molecule has 2 nitrogen and oxygen atoms in total. The van der Waals surface area contributed by atoms with E-state index in [1.54, 1.807) is 6.92 Å². The number of aliphatic hydroxyl groups excluding tert-OH is 2. The molecule has 0 amide bonds. The maximum absolute atomic E-state index is 8.07. The van der Waals surface area contributed by atoms with Crippen LogP contribution in [-0.4, -0.2) is 23.4 Å². The van der Waals surface area contributed by atoms with Crippen LogP contribution in [0.5, 0.6) is 0 Å². The average Bonchev–Trinajstić information content (AvgIpc) is 1.71. The molecular weight excluding hydrogens is 127 g/mol. The summed E-state index contributed by atoms with van der Waals surface area (Å²) in [7, 11) is 0. The molecule has 0 saturated heterocycles. The van der Waals surface area contributed by atoms with Gasteiger partial charge in [-0.3, -0.25) is 0 Å². The molecule has 0 aromatic heterocycles. The van der Waals surface area contributed by atoms with Crippen molar-refractivity contribution in [3.8, 4) is 0 Å². The second kappa shape index (κ2) is 23.1. The van der Waals surface area contributed by atoms with E-state index in [4.69, 9.17) is 10.2 Å². The minimum atomic E-state index is 0. The minimum Gasteiger partial charge on any atom is -1.00 e. The molecule has 0 atom stereocenters. The zero-order chi connectivity index (χ0) is 6.83. The van der Waals surface area contributed by atoms with Gasteiger partial charge in [0.05, 0.1) is 0 Å². The Morgan fingerprint density at radius 3 is 1.56 bits per heavy atom. The van der Waals surface area contributed by atoms with E-state index in [0.29, 0.717) is 6.61 Å². The van der Waals surface area contributed by atoms with Gasteiger partial charge >= 0.3 is 29.6 Å². The molecule has 0 aliphatic heterocycles. The summed E-state index contributed by atoms with van der Waals surface area (Å²) in [5.41, 5.74) is 0. The number of hydrogen-bond donors (Lipinski definition) is 2. The maximum Gasteiger partial charge on any atom is 1.00 e. The van der Waals surface area contributed by atoms with Crippen LogP contribution in [-0.2, 0) is 0 Å². The number of unbranched alkanes of at least 4 members (excludes halogenated alkanes) is 1. The van der Waals surface area contributed by atoms with E-state index in [0.717, 1.165) is 12.8 Å². The summed E-state index contributed by atoms with van der Waals surface area (Å²) in [6, 6.07) is 0. The van der Waals surface area contributed by atoms with Crippen molar-refractivity contribution < 1.29 is 41.2 Å². The SMILES string of the molecule is CCCCO.CCO.[H-].[Na+]. The molecule has 54 valence electrons. The zero-order valence-electron chi connectivity index (χ0n) is 7.72. The van der Waals surface area contributed by atoms with Crippen molar-refractivity contribution in [2.75, 3.05) is 13.2 Å². The van der Waals surface area contributed by atoms with Crippen LogP contribution in [0, 0.1) is 0 Å². The minimum absolute atomic E-state index is 0. The number of hydrogen-bond acceptors (Lipinski definition) is 2. The van der Waals surface area contributed by atoms with E-state index in [-0.39, 0.29) is 37.6 Å². The molecule has 0 aliphatic rings. The summed E-state index contributed by atoms with van der Waals surface area (Å²) in [6.45, 7) is 4.33. The van der Waals surface area contributed by atoms with Crippen molar-refractivity contribution in [3.05, 3.63) is 0 Å². The topological polar surface area (TPSA) is 40.5 Å². The van der Waals surface area contributed by atoms with Crippen LogP contribution < -0.4 is 29.6 Å². The van der Waals surface area contributed by atoms with Crippen LogP contribution >= 0.6 is 0 Å². The molecule has 0 aromatic carbocycles. The Balaban J connectivity index is -0.0000000326. The first kappa shape index (κ1) is 16.5. The van der Waals surface area contributed by atoms with Gasteiger partial charge < -0.3 is 11.6 Å². The summed E-state index contributed by atoms with van der Waals surface area (Å²) in [4.78, 5) is 0. The van der Waals surface area contributed by atoms with Crippen molar-refractivity contribution in [1.82, 2.24) is 0 Å². The molecule has 0 fully saturated rings. The van der Waals surface area contributed by atoms with Gasteiger partial charge in [-0.15, -0.1) is 0 Å². The third-order valence-electron chi connectivity index (χ3n) is 0.512. The third kappa shape index (κ3) is 50.1. The van der Waals surface area contributed by atoms with Crippen molar-refractivity contribution in [1.29, 1.82) is 0 Å². The normalized spacial score (nSPS) is 6.67. The molecule has 0 spiro atoms. The Morgan fingerprint density at radius 2 is 1.56 bits per heavy atom. The van der Waals surface area contributed by atoms with Gasteiger partial charge in [-0.1, -0.05) is 13.3 Å². The molecule has 0 aliphatic carbocycles.